The maximum absolute atomic E-state index is 12.4. The highest BCUT2D eigenvalue weighted by atomic mass is 32.2. The lowest BCUT2D eigenvalue weighted by Crippen LogP contribution is -2.42. The Kier molecular flexibility index (Phi) is 4.73. The summed E-state index contributed by atoms with van der Waals surface area (Å²) in [5, 5.41) is 0. The summed E-state index contributed by atoms with van der Waals surface area (Å²) in [6.45, 7) is 5.08. The molecule has 0 aliphatic carbocycles. The molecule has 0 bridgehead atoms. The molecule has 1 aliphatic heterocycles. The molecular weight excluding hydrogens is 292 g/mol. The molecule has 0 saturated heterocycles. The van der Waals surface area contributed by atoms with E-state index in [1.165, 1.54) is 7.11 Å². The van der Waals surface area contributed by atoms with Crippen LogP contribution in [0.4, 0.5) is 0 Å². The third kappa shape index (κ3) is 3.29. The van der Waals surface area contributed by atoms with E-state index in [0.717, 1.165) is 11.4 Å². The lowest BCUT2D eigenvalue weighted by atomic mass is 10.2. The van der Waals surface area contributed by atoms with Crippen molar-refractivity contribution in [2.75, 3.05) is 19.4 Å². The Morgan fingerprint density at radius 2 is 2.10 bits per heavy atom. The molecule has 21 heavy (non-hydrogen) atoms. The zero-order chi connectivity index (χ0) is 15.6. The third-order valence-corrected chi connectivity index (χ3v) is 6.02. The minimum Gasteiger partial charge on any atom is -0.469 e. The first-order chi connectivity index (χ1) is 9.86. The fourth-order valence-corrected chi connectivity index (χ4v) is 4.49. The molecule has 1 aromatic heterocycles. The summed E-state index contributed by atoms with van der Waals surface area (Å²) in [5.74, 6) is -0.395. The monoisotopic (exact) mass is 314 g/mol. The number of sulfonamides is 1. The van der Waals surface area contributed by atoms with Gasteiger partial charge in [-0.05, 0) is 32.4 Å². The van der Waals surface area contributed by atoms with Crippen molar-refractivity contribution in [3.8, 4) is 0 Å². The Morgan fingerprint density at radius 1 is 1.38 bits per heavy atom. The summed E-state index contributed by atoms with van der Waals surface area (Å²) in [7, 11) is -2.05. The van der Waals surface area contributed by atoms with Gasteiger partial charge in [0.1, 0.15) is 0 Å². The molecule has 1 aliphatic rings. The average Bonchev–Trinajstić information content (AvgIpc) is 2.81. The normalized spacial score (nSPS) is 19.3. The van der Waals surface area contributed by atoms with E-state index in [-0.39, 0.29) is 30.6 Å². The Hall–Kier alpha value is -1.34. The summed E-state index contributed by atoms with van der Waals surface area (Å²) in [4.78, 5) is 11.1. The van der Waals surface area contributed by atoms with Crippen molar-refractivity contribution in [3.05, 3.63) is 23.5 Å². The Bertz CT molecular complexity index is 621. The topological polar surface area (TPSA) is 68.6 Å². The molecule has 118 valence electrons. The minimum absolute atomic E-state index is 0.0217. The SMILES string of the molecule is COC(=O)CCCS(=O)(=O)N1CCn2c(C)ccc2C1C. The van der Waals surface area contributed by atoms with Crippen molar-refractivity contribution in [3.63, 3.8) is 0 Å². The maximum Gasteiger partial charge on any atom is 0.305 e. The molecule has 0 N–H and O–H groups in total. The van der Waals surface area contributed by atoms with E-state index in [1.807, 2.05) is 26.0 Å². The number of carbonyl (C=O) groups is 1. The van der Waals surface area contributed by atoms with E-state index < -0.39 is 10.0 Å². The van der Waals surface area contributed by atoms with Crippen LogP contribution in [-0.4, -0.2) is 42.7 Å². The predicted molar refractivity (Wildman–Crippen MR) is 79.3 cm³/mol. The number of ether oxygens (including phenoxy) is 1. The number of aryl methyl sites for hydroxylation is 1. The summed E-state index contributed by atoms with van der Waals surface area (Å²) in [5.41, 5.74) is 2.18. The van der Waals surface area contributed by atoms with E-state index in [1.54, 1.807) is 4.31 Å². The van der Waals surface area contributed by atoms with Crippen LogP contribution in [0.1, 0.15) is 37.2 Å². The Morgan fingerprint density at radius 3 is 2.76 bits per heavy atom. The molecule has 0 fully saturated rings. The van der Waals surface area contributed by atoms with Gasteiger partial charge >= 0.3 is 5.97 Å². The molecule has 0 amide bonds. The van der Waals surface area contributed by atoms with Crippen molar-refractivity contribution in [2.45, 2.75) is 39.3 Å². The van der Waals surface area contributed by atoms with Crippen LogP contribution >= 0.6 is 0 Å². The lowest BCUT2D eigenvalue weighted by molar-refractivity contribution is -0.140. The zero-order valence-corrected chi connectivity index (χ0v) is 13.5. The highest BCUT2D eigenvalue weighted by Gasteiger charge is 2.32. The van der Waals surface area contributed by atoms with Crippen LogP contribution in [0.25, 0.3) is 0 Å². The van der Waals surface area contributed by atoms with Gasteiger partial charge in [-0.1, -0.05) is 0 Å². The highest BCUT2D eigenvalue weighted by molar-refractivity contribution is 7.89. The molecule has 0 saturated carbocycles. The van der Waals surface area contributed by atoms with Gasteiger partial charge in [0, 0.05) is 30.9 Å². The second-order valence-electron chi connectivity index (χ2n) is 5.33. The van der Waals surface area contributed by atoms with E-state index in [0.29, 0.717) is 13.1 Å². The predicted octanol–water partition coefficient (Wildman–Crippen LogP) is 1.46. The number of methoxy groups -OCH3 is 1. The van der Waals surface area contributed by atoms with Gasteiger partial charge in [-0.15, -0.1) is 0 Å². The molecule has 2 heterocycles. The van der Waals surface area contributed by atoms with Gasteiger partial charge in [0.25, 0.3) is 0 Å². The van der Waals surface area contributed by atoms with Crippen molar-refractivity contribution >= 4 is 16.0 Å². The van der Waals surface area contributed by atoms with Crippen LogP contribution in [0, 0.1) is 6.92 Å². The van der Waals surface area contributed by atoms with Crippen molar-refractivity contribution in [1.29, 1.82) is 0 Å². The molecule has 1 aromatic rings. The smallest absolute Gasteiger partial charge is 0.305 e. The van der Waals surface area contributed by atoms with Crippen LogP contribution in [0.3, 0.4) is 0 Å². The average molecular weight is 314 g/mol. The van der Waals surface area contributed by atoms with E-state index >= 15 is 0 Å². The van der Waals surface area contributed by atoms with Gasteiger partial charge in [-0.3, -0.25) is 4.79 Å². The first-order valence-corrected chi connectivity index (χ1v) is 8.70. The van der Waals surface area contributed by atoms with Crippen LogP contribution in [-0.2, 0) is 26.1 Å². The molecule has 2 rings (SSSR count). The fourth-order valence-electron chi connectivity index (χ4n) is 2.80. The van der Waals surface area contributed by atoms with Gasteiger partial charge in [0.05, 0.1) is 18.9 Å². The van der Waals surface area contributed by atoms with E-state index in [9.17, 15) is 13.2 Å². The van der Waals surface area contributed by atoms with Gasteiger partial charge < -0.3 is 9.30 Å². The van der Waals surface area contributed by atoms with Crippen LogP contribution in [0.2, 0.25) is 0 Å². The number of carbonyl (C=O) groups excluding carboxylic acids is 1. The van der Waals surface area contributed by atoms with Crippen molar-refractivity contribution in [2.24, 2.45) is 0 Å². The molecule has 0 aromatic carbocycles. The number of fused-ring (bicyclic) bond motifs is 1. The quantitative estimate of drug-likeness (QED) is 0.772. The van der Waals surface area contributed by atoms with Gasteiger partial charge in [-0.25, -0.2) is 8.42 Å². The highest BCUT2D eigenvalue weighted by Crippen LogP contribution is 2.29. The largest absolute Gasteiger partial charge is 0.469 e. The number of hydrogen-bond acceptors (Lipinski definition) is 4. The molecule has 0 radical (unpaired) electrons. The second-order valence-corrected chi connectivity index (χ2v) is 7.37. The third-order valence-electron chi connectivity index (χ3n) is 4.00. The Balaban J connectivity index is 2.06. The lowest BCUT2D eigenvalue weighted by Gasteiger charge is -2.34. The first kappa shape index (κ1) is 16.0. The van der Waals surface area contributed by atoms with Gasteiger partial charge in [0.15, 0.2) is 0 Å². The fraction of sp³-hybridized carbons (Fsp3) is 0.643. The molecule has 0 spiro atoms. The standard InChI is InChI=1S/C14H22N2O4S/c1-11-6-7-13-12(2)16(9-8-15(11)13)21(18,19)10-4-5-14(17)20-3/h6-7,12H,4-5,8-10H2,1-3H3. The van der Waals surface area contributed by atoms with E-state index in [4.69, 9.17) is 0 Å². The molecule has 6 nitrogen and oxygen atoms in total. The number of hydrogen-bond donors (Lipinski definition) is 0. The molecule has 7 heteroatoms. The van der Waals surface area contributed by atoms with Gasteiger partial charge in [0.2, 0.25) is 10.0 Å². The second kappa shape index (κ2) is 6.19. The summed E-state index contributed by atoms with van der Waals surface area (Å²) in [6.07, 6.45) is 0.422. The van der Waals surface area contributed by atoms with Crippen LogP contribution < -0.4 is 0 Å². The first-order valence-electron chi connectivity index (χ1n) is 7.09. The molecular formula is C14H22N2O4S. The number of nitrogens with zero attached hydrogens (tertiary/aromatic N) is 2. The van der Waals surface area contributed by atoms with E-state index in [2.05, 4.69) is 9.30 Å². The minimum atomic E-state index is -3.36. The molecule has 1 unspecified atom stereocenters. The number of esters is 1. The number of aromatic nitrogens is 1. The van der Waals surface area contributed by atoms with Crippen LogP contribution in [0.5, 0.6) is 0 Å². The maximum atomic E-state index is 12.4. The van der Waals surface area contributed by atoms with Crippen LogP contribution in [0.15, 0.2) is 12.1 Å². The van der Waals surface area contributed by atoms with Gasteiger partial charge in [-0.2, -0.15) is 4.31 Å². The number of rotatable bonds is 5. The summed E-state index contributed by atoms with van der Waals surface area (Å²) >= 11 is 0. The van der Waals surface area contributed by atoms with Crippen molar-refractivity contribution in [1.82, 2.24) is 8.87 Å². The summed E-state index contributed by atoms with van der Waals surface area (Å²) in [6, 6.07) is 3.82. The van der Waals surface area contributed by atoms with Crippen molar-refractivity contribution < 1.29 is 17.9 Å². The zero-order valence-electron chi connectivity index (χ0n) is 12.7. The summed E-state index contributed by atoms with van der Waals surface area (Å²) < 4.78 is 33.1. The Labute approximate surface area is 125 Å². The molecule has 1 atom stereocenters.